The molecule has 3 aromatic rings. The number of benzene rings is 3. The molecule has 0 spiro atoms. The molecule has 0 atom stereocenters. The number of alkyl halides is 3. The number of sulfonamides is 1. The van der Waals surface area contributed by atoms with Crippen molar-refractivity contribution in [1.29, 1.82) is 0 Å². The van der Waals surface area contributed by atoms with Crippen molar-refractivity contribution in [3.05, 3.63) is 95.1 Å². The highest BCUT2D eigenvalue weighted by Crippen LogP contribution is 2.29. The molecule has 3 aromatic carbocycles. The molecule has 9 heteroatoms. The Morgan fingerprint density at radius 3 is 2.29 bits per heavy atom. The van der Waals surface area contributed by atoms with Gasteiger partial charge in [0, 0.05) is 12.1 Å². The molecular weight excluding hydrogens is 429 g/mol. The highest BCUT2D eigenvalue weighted by Gasteiger charge is 2.30. The van der Waals surface area contributed by atoms with E-state index < -0.39 is 27.7 Å². The minimum absolute atomic E-state index is 0.0776. The maximum atomic E-state index is 12.8. The Hall–Kier alpha value is -3.33. The number of carbonyl (C=O) groups is 1. The summed E-state index contributed by atoms with van der Waals surface area (Å²) in [5.41, 5.74) is 0.328. The Bertz CT molecular complexity index is 1190. The van der Waals surface area contributed by atoms with E-state index in [1.165, 1.54) is 42.5 Å². The number of halogens is 3. The lowest BCUT2D eigenvalue weighted by atomic mass is 10.1. The van der Waals surface area contributed by atoms with Crippen LogP contribution in [0.3, 0.4) is 0 Å². The molecular formula is C22H19F3N2O3S. The van der Waals surface area contributed by atoms with E-state index in [1.54, 1.807) is 25.1 Å². The summed E-state index contributed by atoms with van der Waals surface area (Å²) in [7, 11) is -3.84. The summed E-state index contributed by atoms with van der Waals surface area (Å²) in [6.07, 6.45) is -4.47. The molecule has 31 heavy (non-hydrogen) atoms. The first-order valence-corrected chi connectivity index (χ1v) is 10.7. The molecule has 0 saturated heterocycles. The Morgan fingerprint density at radius 1 is 0.935 bits per heavy atom. The van der Waals surface area contributed by atoms with Crippen molar-refractivity contribution in [2.24, 2.45) is 0 Å². The zero-order valence-electron chi connectivity index (χ0n) is 16.4. The van der Waals surface area contributed by atoms with Gasteiger partial charge in [-0.15, -0.1) is 0 Å². The van der Waals surface area contributed by atoms with Crippen LogP contribution in [0.5, 0.6) is 0 Å². The molecule has 0 aromatic heterocycles. The summed E-state index contributed by atoms with van der Waals surface area (Å²) in [5.74, 6) is -0.532. The van der Waals surface area contributed by atoms with Gasteiger partial charge in [0.1, 0.15) is 0 Å². The highest BCUT2D eigenvalue weighted by molar-refractivity contribution is 7.92. The number of amides is 1. The molecule has 2 N–H and O–H groups in total. The van der Waals surface area contributed by atoms with Crippen molar-refractivity contribution in [1.82, 2.24) is 5.32 Å². The van der Waals surface area contributed by atoms with Crippen LogP contribution in [-0.4, -0.2) is 14.3 Å². The molecule has 0 unspecified atom stereocenters. The van der Waals surface area contributed by atoms with Gasteiger partial charge in [0.2, 0.25) is 0 Å². The van der Waals surface area contributed by atoms with Crippen molar-refractivity contribution in [3.63, 3.8) is 0 Å². The molecule has 3 rings (SSSR count). The summed E-state index contributed by atoms with van der Waals surface area (Å²) in [4.78, 5) is 12.7. The van der Waals surface area contributed by atoms with E-state index in [0.717, 1.165) is 12.1 Å². The lowest BCUT2D eigenvalue weighted by Crippen LogP contribution is -2.24. The van der Waals surface area contributed by atoms with E-state index in [9.17, 15) is 26.4 Å². The first kappa shape index (κ1) is 22.4. The Balaban J connectivity index is 1.76. The van der Waals surface area contributed by atoms with E-state index in [4.69, 9.17) is 0 Å². The predicted molar refractivity (Wildman–Crippen MR) is 111 cm³/mol. The molecule has 0 saturated carbocycles. The van der Waals surface area contributed by atoms with Crippen molar-refractivity contribution < 1.29 is 26.4 Å². The fourth-order valence-corrected chi connectivity index (χ4v) is 4.07. The molecule has 0 fully saturated rings. The number of carbonyl (C=O) groups excluding carboxylic acids is 1. The number of nitrogens with one attached hydrogen (secondary N) is 2. The molecule has 0 aliphatic heterocycles. The minimum Gasteiger partial charge on any atom is -0.348 e. The van der Waals surface area contributed by atoms with Gasteiger partial charge in [-0.05, 0) is 54.4 Å². The van der Waals surface area contributed by atoms with E-state index in [0.29, 0.717) is 11.1 Å². The quantitative estimate of drug-likeness (QED) is 0.572. The fraction of sp³-hybridized carbons (Fsp3) is 0.136. The number of rotatable bonds is 6. The minimum atomic E-state index is -4.47. The summed E-state index contributed by atoms with van der Waals surface area (Å²) in [5, 5.41) is 2.57. The van der Waals surface area contributed by atoms with Gasteiger partial charge in [0.25, 0.3) is 15.9 Å². The average molecular weight is 448 g/mol. The second-order valence-corrected chi connectivity index (χ2v) is 8.46. The van der Waals surface area contributed by atoms with Gasteiger partial charge in [0.05, 0.1) is 16.1 Å². The molecule has 0 radical (unpaired) electrons. The Morgan fingerprint density at radius 2 is 1.61 bits per heavy atom. The third-order valence-electron chi connectivity index (χ3n) is 4.58. The summed E-state index contributed by atoms with van der Waals surface area (Å²) < 4.78 is 66.1. The Labute approximate surface area is 178 Å². The third-order valence-corrected chi connectivity index (χ3v) is 5.97. The van der Waals surface area contributed by atoms with Crippen LogP contribution in [0.2, 0.25) is 0 Å². The van der Waals surface area contributed by atoms with E-state index in [1.807, 2.05) is 0 Å². The second-order valence-electron chi connectivity index (χ2n) is 6.78. The van der Waals surface area contributed by atoms with Crippen molar-refractivity contribution in [2.75, 3.05) is 4.72 Å². The van der Waals surface area contributed by atoms with Crippen LogP contribution in [0.15, 0.2) is 77.7 Å². The lowest BCUT2D eigenvalue weighted by Gasteiger charge is -2.14. The van der Waals surface area contributed by atoms with Gasteiger partial charge >= 0.3 is 6.18 Å². The van der Waals surface area contributed by atoms with Crippen LogP contribution in [0.4, 0.5) is 18.9 Å². The number of hydrogen-bond donors (Lipinski definition) is 2. The van der Waals surface area contributed by atoms with Gasteiger partial charge in [0.15, 0.2) is 0 Å². The Kier molecular flexibility index (Phi) is 6.35. The van der Waals surface area contributed by atoms with Gasteiger partial charge in [-0.1, -0.05) is 36.4 Å². The fourth-order valence-electron chi connectivity index (χ4n) is 2.93. The van der Waals surface area contributed by atoms with Gasteiger partial charge in [-0.3, -0.25) is 9.52 Å². The topological polar surface area (TPSA) is 75.3 Å². The van der Waals surface area contributed by atoms with Crippen molar-refractivity contribution in [2.45, 2.75) is 24.5 Å². The monoisotopic (exact) mass is 448 g/mol. The molecule has 0 aliphatic carbocycles. The molecule has 0 aliphatic rings. The van der Waals surface area contributed by atoms with Crippen LogP contribution in [0.1, 0.15) is 27.0 Å². The van der Waals surface area contributed by atoms with Crippen LogP contribution in [0.25, 0.3) is 0 Å². The molecule has 0 heterocycles. The van der Waals surface area contributed by atoms with Gasteiger partial charge < -0.3 is 5.32 Å². The first-order chi connectivity index (χ1) is 14.6. The van der Waals surface area contributed by atoms with Crippen molar-refractivity contribution >= 4 is 21.6 Å². The molecule has 1 amide bonds. The lowest BCUT2D eigenvalue weighted by molar-refractivity contribution is -0.137. The molecule has 5 nitrogen and oxygen atoms in total. The van der Waals surface area contributed by atoms with E-state index in [2.05, 4.69) is 10.0 Å². The van der Waals surface area contributed by atoms with E-state index >= 15 is 0 Å². The van der Waals surface area contributed by atoms with Crippen LogP contribution < -0.4 is 10.0 Å². The summed E-state index contributed by atoms with van der Waals surface area (Å²) in [6.45, 7) is 1.48. The van der Waals surface area contributed by atoms with Crippen molar-refractivity contribution in [3.8, 4) is 0 Å². The van der Waals surface area contributed by atoms with Gasteiger partial charge in [-0.2, -0.15) is 13.2 Å². The number of anilines is 1. The number of hydrogen-bond acceptors (Lipinski definition) is 3. The zero-order valence-corrected chi connectivity index (χ0v) is 17.2. The predicted octanol–water partition coefficient (Wildman–Crippen LogP) is 4.74. The van der Waals surface area contributed by atoms with Crippen LogP contribution in [-0.2, 0) is 22.7 Å². The molecule has 162 valence electrons. The standard InChI is InChI=1S/C22H19F3N2O3S/c1-15-19(21(28)26-14-16-7-5-8-17(13-16)22(23,24)25)11-6-12-20(15)27-31(29,30)18-9-3-2-4-10-18/h2-13,27H,14H2,1H3,(H,26,28). The summed E-state index contributed by atoms with van der Waals surface area (Å²) in [6, 6.07) is 17.0. The average Bonchev–Trinajstić information content (AvgIpc) is 2.73. The van der Waals surface area contributed by atoms with Crippen LogP contribution in [0, 0.1) is 6.92 Å². The SMILES string of the molecule is Cc1c(NS(=O)(=O)c2ccccc2)cccc1C(=O)NCc1cccc(C(F)(F)F)c1. The second kappa shape index (κ2) is 8.81. The maximum absolute atomic E-state index is 12.8. The molecule has 0 bridgehead atoms. The summed E-state index contributed by atoms with van der Waals surface area (Å²) >= 11 is 0. The highest BCUT2D eigenvalue weighted by atomic mass is 32.2. The first-order valence-electron chi connectivity index (χ1n) is 9.20. The van der Waals surface area contributed by atoms with Gasteiger partial charge in [-0.25, -0.2) is 8.42 Å². The smallest absolute Gasteiger partial charge is 0.348 e. The van der Waals surface area contributed by atoms with Crippen LogP contribution >= 0.6 is 0 Å². The maximum Gasteiger partial charge on any atom is 0.416 e. The third kappa shape index (κ3) is 5.43. The van der Waals surface area contributed by atoms with E-state index in [-0.39, 0.29) is 22.7 Å². The zero-order chi connectivity index (χ0) is 22.6. The largest absolute Gasteiger partial charge is 0.416 e. The normalized spacial score (nSPS) is 11.7.